The van der Waals surface area contributed by atoms with Crippen LogP contribution in [0.25, 0.3) is 0 Å². The van der Waals surface area contributed by atoms with E-state index in [0.717, 1.165) is 18.7 Å². The number of anilines is 1. The molecule has 3 rings (SSSR count). The minimum atomic E-state index is -0.619. The van der Waals surface area contributed by atoms with E-state index in [1.807, 2.05) is 24.3 Å². The van der Waals surface area contributed by atoms with Crippen LogP contribution in [0, 0.1) is 5.92 Å². The molecule has 122 valence electrons. The molecule has 2 aromatic rings. The predicted molar refractivity (Wildman–Crippen MR) is 85.4 cm³/mol. The summed E-state index contributed by atoms with van der Waals surface area (Å²) in [5.74, 6) is -0.364. The molecule has 1 atom stereocenters. The molecule has 0 aliphatic carbocycles. The van der Waals surface area contributed by atoms with Gasteiger partial charge in [0.15, 0.2) is 5.82 Å². The van der Waals surface area contributed by atoms with E-state index in [0.29, 0.717) is 17.4 Å². The van der Waals surface area contributed by atoms with Gasteiger partial charge in [-0.2, -0.15) is 0 Å². The van der Waals surface area contributed by atoms with Crippen molar-refractivity contribution in [3.63, 3.8) is 0 Å². The molecule has 8 heteroatoms. The van der Waals surface area contributed by atoms with Crippen molar-refractivity contribution in [2.24, 2.45) is 5.92 Å². The van der Waals surface area contributed by atoms with Gasteiger partial charge >= 0.3 is 5.76 Å². The highest BCUT2D eigenvalue weighted by Crippen LogP contribution is 2.30. The largest absolute Gasteiger partial charge is 0.438 e. The summed E-state index contributed by atoms with van der Waals surface area (Å²) in [6.45, 7) is 1.63. The van der Waals surface area contributed by atoms with Crippen LogP contribution in [0.15, 0.2) is 33.6 Å². The van der Waals surface area contributed by atoms with Gasteiger partial charge in [-0.15, -0.1) is 0 Å². The normalized spacial score (nSPS) is 17.5. The third-order valence-corrected chi connectivity index (χ3v) is 4.30. The Kier molecular flexibility index (Phi) is 4.38. The number of nitrogens with one attached hydrogen (secondary N) is 1. The van der Waals surface area contributed by atoms with E-state index in [-0.39, 0.29) is 18.4 Å². The second-order valence-corrected chi connectivity index (χ2v) is 6.03. The van der Waals surface area contributed by atoms with E-state index in [4.69, 9.17) is 11.6 Å². The molecular weight excluding hydrogens is 320 g/mol. The molecule has 23 heavy (non-hydrogen) atoms. The second kappa shape index (κ2) is 6.45. The van der Waals surface area contributed by atoms with E-state index in [9.17, 15) is 9.59 Å². The van der Waals surface area contributed by atoms with Gasteiger partial charge < -0.3 is 9.80 Å². The second-order valence-electron chi connectivity index (χ2n) is 5.62. The summed E-state index contributed by atoms with van der Waals surface area (Å²) in [6, 6.07) is 7.62. The fourth-order valence-electron chi connectivity index (χ4n) is 2.83. The van der Waals surface area contributed by atoms with Crippen LogP contribution < -0.4 is 10.7 Å². The first-order valence-corrected chi connectivity index (χ1v) is 7.71. The first-order chi connectivity index (χ1) is 11.0. The van der Waals surface area contributed by atoms with Gasteiger partial charge in [0.2, 0.25) is 5.91 Å². The number of hydrogen-bond acceptors (Lipinski definition) is 5. The summed E-state index contributed by atoms with van der Waals surface area (Å²) in [5, 5.41) is 4.26. The lowest BCUT2D eigenvalue weighted by Gasteiger charge is -2.22. The van der Waals surface area contributed by atoms with Crippen LogP contribution in [0.2, 0.25) is 5.02 Å². The van der Waals surface area contributed by atoms with Crippen molar-refractivity contribution in [1.29, 1.82) is 0 Å². The third kappa shape index (κ3) is 3.39. The zero-order valence-electron chi connectivity index (χ0n) is 12.7. The molecule has 1 saturated heterocycles. The van der Waals surface area contributed by atoms with E-state index >= 15 is 0 Å². The molecule has 0 saturated carbocycles. The van der Waals surface area contributed by atoms with Crippen LogP contribution in [0.5, 0.6) is 0 Å². The third-order valence-electron chi connectivity index (χ3n) is 3.98. The molecule has 0 bridgehead atoms. The Hall–Kier alpha value is -2.28. The Labute approximate surface area is 137 Å². The minimum absolute atomic E-state index is 0.0170. The maximum atomic E-state index is 12.5. The van der Waals surface area contributed by atoms with E-state index in [1.165, 1.54) is 0 Å². The van der Waals surface area contributed by atoms with Crippen LogP contribution in [0.1, 0.15) is 12.2 Å². The van der Waals surface area contributed by atoms with Gasteiger partial charge in [-0.05, 0) is 18.6 Å². The SMILES string of the molecule is CN(Cc1noc(=O)[nH]1)C(=O)C1CCN(c2ccccc2Cl)C1. The number of rotatable bonds is 4. The van der Waals surface area contributed by atoms with Gasteiger partial charge in [0.25, 0.3) is 0 Å². The maximum Gasteiger partial charge on any atom is 0.438 e. The van der Waals surface area contributed by atoms with Gasteiger partial charge in [-0.3, -0.25) is 14.3 Å². The van der Waals surface area contributed by atoms with Crippen LogP contribution in [-0.4, -0.2) is 41.1 Å². The Morgan fingerprint density at radius 2 is 2.30 bits per heavy atom. The van der Waals surface area contributed by atoms with Crippen LogP contribution >= 0.6 is 11.6 Å². The fourth-order valence-corrected chi connectivity index (χ4v) is 3.09. The number of benzene rings is 1. The lowest BCUT2D eigenvalue weighted by Crippen LogP contribution is -2.34. The number of aromatic amines is 1. The number of nitrogens with zero attached hydrogens (tertiary/aromatic N) is 3. The van der Waals surface area contributed by atoms with Gasteiger partial charge in [0, 0.05) is 20.1 Å². The van der Waals surface area contributed by atoms with Gasteiger partial charge in [0.1, 0.15) is 0 Å². The van der Waals surface area contributed by atoms with Crippen molar-refractivity contribution in [2.75, 3.05) is 25.0 Å². The van der Waals surface area contributed by atoms with E-state index < -0.39 is 5.76 Å². The molecule has 1 aliphatic rings. The molecular formula is C15H17ClN4O3. The number of carbonyl (C=O) groups is 1. The number of para-hydroxylation sites is 1. The topological polar surface area (TPSA) is 82.4 Å². The monoisotopic (exact) mass is 336 g/mol. The first-order valence-electron chi connectivity index (χ1n) is 7.34. The predicted octanol–water partition coefficient (Wildman–Crippen LogP) is 1.50. The average Bonchev–Trinajstić information content (AvgIpc) is 3.16. The quantitative estimate of drug-likeness (QED) is 0.915. The van der Waals surface area contributed by atoms with Crippen LogP contribution in [-0.2, 0) is 11.3 Å². The number of carbonyl (C=O) groups excluding carboxylic acids is 1. The highest BCUT2D eigenvalue weighted by atomic mass is 35.5. The summed E-state index contributed by atoms with van der Waals surface area (Å²) in [4.78, 5) is 29.6. The molecule has 0 spiro atoms. The number of aromatic nitrogens is 2. The first kappa shape index (κ1) is 15.6. The molecule has 2 heterocycles. The minimum Gasteiger partial charge on any atom is -0.370 e. The summed E-state index contributed by atoms with van der Waals surface area (Å²) in [5.41, 5.74) is 0.952. The van der Waals surface area contributed by atoms with Crippen LogP contribution in [0.3, 0.4) is 0 Å². The fraction of sp³-hybridized carbons (Fsp3) is 0.400. The van der Waals surface area contributed by atoms with Crippen molar-refractivity contribution < 1.29 is 9.32 Å². The molecule has 1 unspecified atom stereocenters. The summed E-state index contributed by atoms with van der Waals surface area (Å²) < 4.78 is 4.44. The summed E-state index contributed by atoms with van der Waals surface area (Å²) in [7, 11) is 1.69. The van der Waals surface area contributed by atoms with Gasteiger partial charge in [-0.25, -0.2) is 4.79 Å². The van der Waals surface area contributed by atoms with Crippen molar-refractivity contribution in [1.82, 2.24) is 15.0 Å². The Morgan fingerprint density at radius 1 is 1.52 bits per heavy atom. The number of halogens is 1. The average molecular weight is 337 g/mol. The standard InChI is InChI=1S/C15H17ClN4O3/c1-19(9-13-17-15(22)23-18-13)14(21)10-6-7-20(8-10)12-5-3-2-4-11(12)16/h2-5,10H,6-9H2,1H3,(H,17,18,22). The van der Waals surface area contributed by atoms with Gasteiger partial charge in [0.05, 0.1) is 23.2 Å². The summed E-state index contributed by atoms with van der Waals surface area (Å²) >= 11 is 6.21. The van der Waals surface area contributed by atoms with Crippen molar-refractivity contribution in [2.45, 2.75) is 13.0 Å². The lowest BCUT2D eigenvalue weighted by molar-refractivity contribution is -0.134. The smallest absolute Gasteiger partial charge is 0.370 e. The molecule has 7 nitrogen and oxygen atoms in total. The highest BCUT2D eigenvalue weighted by Gasteiger charge is 2.31. The van der Waals surface area contributed by atoms with Crippen molar-refractivity contribution in [3.05, 3.63) is 45.7 Å². The zero-order chi connectivity index (χ0) is 16.4. The number of amides is 1. The molecule has 1 amide bonds. The van der Waals surface area contributed by atoms with E-state index in [2.05, 4.69) is 19.6 Å². The van der Waals surface area contributed by atoms with Crippen molar-refractivity contribution in [3.8, 4) is 0 Å². The molecule has 1 aliphatic heterocycles. The Morgan fingerprint density at radius 3 is 3.00 bits per heavy atom. The molecule has 0 radical (unpaired) electrons. The number of H-pyrrole nitrogens is 1. The highest BCUT2D eigenvalue weighted by molar-refractivity contribution is 6.33. The molecule has 1 fully saturated rings. The summed E-state index contributed by atoms with van der Waals surface area (Å²) in [6.07, 6.45) is 0.768. The zero-order valence-corrected chi connectivity index (χ0v) is 13.4. The Bertz CT molecular complexity index is 757. The molecule has 1 aromatic carbocycles. The lowest BCUT2D eigenvalue weighted by atomic mass is 10.1. The van der Waals surface area contributed by atoms with Crippen LogP contribution in [0.4, 0.5) is 5.69 Å². The van der Waals surface area contributed by atoms with Gasteiger partial charge in [-0.1, -0.05) is 28.9 Å². The molecule has 1 N–H and O–H groups in total. The Balaban J connectivity index is 1.63. The van der Waals surface area contributed by atoms with E-state index in [1.54, 1.807) is 11.9 Å². The maximum absolute atomic E-state index is 12.5. The number of hydrogen-bond donors (Lipinski definition) is 1. The molecule has 1 aromatic heterocycles. The van der Waals surface area contributed by atoms with Crippen molar-refractivity contribution >= 4 is 23.2 Å².